The molecule has 2 aromatic carbocycles. The van der Waals surface area contributed by atoms with E-state index >= 15 is 0 Å². The molecular formula is C26H32Na2O5. The zero-order valence-corrected chi connectivity index (χ0v) is 24.2. The van der Waals surface area contributed by atoms with Crippen LogP contribution in [0, 0.1) is 5.92 Å². The minimum atomic E-state index is -1.24. The summed E-state index contributed by atoms with van der Waals surface area (Å²) in [6.07, 6.45) is 6.89. The number of carbonyl (C=O) groups excluding carboxylic acids is 2. The number of hydrogen-bond donors (Lipinski definition) is 1. The second-order valence-electron chi connectivity index (χ2n) is 8.16. The Kier molecular flexibility index (Phi) is 16.5. The van der Waals surface area contributed by atoms with Crippen LogP contribution >= 0.6 is 0 Å². The van der Waals surface area contributed by atoms with Gasteiger partial charge in [-0.1, -0.05) is 93.6 Å². The summed E-state index contributed by atoms with van der Waals surface area (Å²) in [4.78, 5) is 21.7. The van der Waals surface area contributed by atoms with Gasteiger partial charge < -0.3 is 24.9 Å². The van der Waals surface area contributed by atoms with E-state index in [1.807, 2.05) is 30.3 Å². The maximum absolute atomic E-state index is 12.1. The molecule has 2 rings (SSSR count). The summed E-state index contributed by atoms with van der Waals surface area (Å²) in [5, 5.41) is 33.8. The Bertz CT molecular complexity index is 826. The number of carboxylic acid groups (broad SMARTS) is 2. The largest absolute Gasteiger partial charge is 1.00 e. The van der Waals surface area contributed by atoms with E-state index in [1.165, 1.54) is 12.1 Å². The first-order valence-corrected chi connectivity index (χ1v) is 11.2. The first-order chi connectivity index (χ1) is 14.9. The van der Waals surface area contributed by atoms with Crippen LogP contribution in [-0.4, -0.2) is 17.0 Å². The Labute approximate surface area is 241 Å². The molecule has 0 aliphatic carbocycles. The van der Waals surface area contributed by atoms with Crippen molar-refractivity contribution in [2.45, 2.75) is 70.3 Å². The molecule has 0 aliphatic rings. The zero-order chi connectivity index (χ0) is 22.7. The van der Waals surface area contributed by atoms with Crippen LogP contribution in [0.25, 0.3) is 0 Å². The Morgan fingerprint density at radius 2 is 1.36 bits per heavy atom. The zero-order valence-electron chi connectivity index (χ0n) is 20.2. The van der Waals surface area contributed by atoms with Crippen LogP contribution in [0.2, 0.25) is 0 Å². The van der Waals surface area contributed by atoms with Crippen LogP contribution in [0.4, 0.5) is 0 Å². The van der Waals surface area contributed by atoms with Gasteiger partial charge in [0, 0.05) is 5.97 Å². The molecule has 0 amide bonds. The van der Waals surface area contributed by atoms with Gasteiger partial charge in [-0.2, -0.15) is 0 Å². The van der Waals surface area contributed by atoms with Crippen LogP contribution in [-0.2, 0) is 10.4 Å². The van der Waals surface area contributed by atoms with Crippen molar-refractivity contribution in [1.82, 2.24) is 0 Å². The number of aliphatic carboxylic acids is 1. The van der Waals surface area contributed by atoms with E-state index in [4.69, 9.17) is 0 Å². The SMILES string of the molecule is CCCCC(CCCCCCC(=O)[O-])C(O)(c1ccccc1)c1ccc(C(=O)[O-])cc1.[Na+].[Na+]. The number of hydrogen-bond acceptors (Lipinski definition) is 5. The van der Waals surface area contributed by atoms with Crippen molar-refractivity contribution in [3.63, 3.8) is 0 Å². The number of rotatable bonds is 14. The molecule has 168 valence electrons. The van der Waals surface area contributed by atoms with Crippen LogP contribution in [0.1, 0.15) is 86.2 Å². The summed E-state index contributed by atoms with van der Waals surface area (Å²) in [6, 6.07) is 15.8. The van der Waals surface area contributed by atoms with Crippen molar-refractivity contribution in [3.05, 3.63) is 71.3 Å². The average molecular weight is 471 g/mol. The summed E-state index contributed by atoms with van der Waals surface area (Å²) in [5.74, 6) is -2.31. The van der Waals surface area contributed by atoms with Crippen molar-refractivity contribution in [2.24, 2.45) is 5.92 Å². The molecule has 0 heterocycles. The van der Waals surface area contributed by atoms with Crippen molar-refractivity contribution < 1.29 is 84.0 Å². The summed E-state index contributed by atoms with van der Waals surface area (Å²) in [6.45, 7) is 2.12. The minimum Gasteiger partial charge on any atom is -0.550 e. The Balaban J connectivity index is 0.00000512. The smallest absolute Gasteiger partial charge is 0.550 e. The maximum atomic E-state index is 12.1. The molecule has 0 aliphatic heterocycles. The third-order valence-electron chi connectivity index (χ3n) is 5.96. The predicted molar refractivity (Wildman–Crippen MR) is 116 cm³/mol. The fraction of sp³-hybridized carbons (Fsp3) is 0.462. The van der Waals surface area contributed by atoms with Gasteiger partial charge in [-0.15, -0.1) is 0 Å². The van der Waals surface area contributed by atoms with Gasteiger partial charge >= 0.3 is 59.1 Å². The topological polar surface area (TPSA) is 100 Å². The molecule has 0 saturated carbocycles. The second-order valence-corrected chi connectivity index (χ2v) is 8.16. The first-order valence-electron chi connectivity index (χ1n) is 11.2. The normalized spacial score (nSPS) is 13.2. The van der Waals surface area contributed by atoms with Crippen molar-refractivity contribution in [3.8, 4) is 0 Å². The number of aromatic carboxylic acids is 1. The van der Waals surface area contributed by atoms with Crippen molar-refractivity contribution in [2.75, 3.05) is 0 Å². The van der Waals surface area contributed by atoms with Crippen LogP contribution in [0.3, 0.4) is 0 Å². The Morgan fingerprint density at radius 3 is 1.91 bits per heavy atom. The van der Waals surface area contributed by atoms with Gasteiger partial charge in [0.2, 0.25) is 0 Å². The van der Waals surface area contributed by atoms with Gasteiger partial charge in [0.05, 0.1) is 5.97 Å². The van der Waals surface area contributed by atoms with Gasteiger partial charge in [0.25, 0.3) is 0 Å². The molecule has 0 saturated heterocycles. The molecule has 0 spiro atoms. The third kappa shape index (κ3) is 9.85. The molecule has 7 heteroatoms. The van der Waals surface area contributed by atoms with Crippen LogP contribution in [0.15, 0.2) is 54.6 Å². The molecular weight excluding hydrogens is 438 g/mol. The van der Waals surface area contributed by atoms with Crippen molar-refractivity contribution in [1.29, 1.82) is 0 Å². The molecule has 0 radical (unpaired) electrons. The Morgan fingerprint density at radius 1 is 0.818 bits per heavy atom. The molecule has 0 fully saturated rings. The summed E-state index contributed by atoms with van der Waals surface area (Å²) in [7, 11) is 0. The fourth-order valence-electron chi connectivity index (χ4n) is 4.22. The third-order valence-corrected chi connectivity index (χ3v) is 5.96. The fourth-order valence-corrected chi connectivity index (χ4v) is 4.22. The molecule has 33 heavy (non-hydrogen) atoms. The first kappa shape index (κ1) is 32.3. The van der Waals surface area contributed by atoms with Gasteiger partial charge in [-0.05, 0) is 48.3 Å². The van der Waals surface area contributed by atoms with Crippen LogP contribution in [0.5, 0.6) is 0 Å². The summed E-state index contributed by atoms with van der Waals surface area (Å²) >= 11 is 0. The standard InChI is InChI=1S/C26H34O5.2Na/c1-2-3-11-21(12-7-4-5-10-15-24(27)28)26(31,22-13-8-6-9-14-22)23-18-16-20(17-19-23)25(29)30;;/h6,8-9,13-14,16-19,21,31H,2-5,7,10-12,15H2,1H3,(H,27,28)(H,29,30);;/q;2*+1/p-2. The van der Waals surface area contributed by atoms with Crippen LogP contribution < -0.4 is 69.3 Å². The number of carbonyl (C=O) groups is 2. The van der Waals surface area contributed by atoms with E-state index in [-0.39, 0.29) is 77.0 Å². The molecule has 0 bridgehead atoms. The average Bonchev–Trinajstić information content (AvgIpc) is 2.78. The van der Waals surface area contributed by atoms with E-state index in [9.17, 15) is 24.9 Å². The molecule has 1 N–H and O–H groups in total. The molecule has 0 aromatic heterocycles. The minimum absolute atomic E-state index is 0. The summed E-state index contributed by atoms with van der Waals surface area (Å²) in [5.41, 5.74) is 0.291. The van der Waals surface area contributed by atoms with E-state index in [0.717, 1.165) is 50.5 Å². The van der Waals surface area contributed by atoms with Gasteiger partial charge in [-0.25, -0.2) is 0 Å². The number of unbranched alkanes of at least 4 members (excludes halogenated alkanes) is 4. The summed E-state index contributed by atoms with van der Waals surface area (Å²) < 4.78 is 0. The monoisotopic (exact) mass is 470 g/mol. The predicted octanol–water partition coefficient (Wildman–Crippen LogP) is -2.81. The number of aliphatic hydroxyl groups is 1. The Hall–Kier alpha value is -0.660. The number of benzene rings is 2. The second kappa shape index (κ2) is 16.9. The van der Waals surface area contributed by atoms with E-state index < -0.39 is 17.5 Å². The van der Waals surface area contributed by atoms with E-state index in [0.29, 0.717) is 12.0 Å². The van der Waals surface area contributed by atoms with Gasteiger partial charge in [0.15, 0.2) is 0 Å². The molecule has 2 unspecified atom stereocenters. The molecule has 5 nitrogen and oxygen atoms in total. The number of carboxylic acids is 2. The van der Waals surface area contributed by atoms with E-state index in [1.54, 1.807) is 12.1 Å². The maximum Gasteiger partial charge on any atom is 1.00 e. The van der Waals surface area contributed by atoms with Crippen molar-refractivity contribution >= 4 is 11.9 Å². The van der Waals surface area contributed by atoms with Gasteiger partial charge in [-0.3, -0.25) is 0 Å². The quantitative estimate of drug-likeness (QED) is 0.237. The van der Waals surface area contributed by atoms with E-state index in [2.05, 4.69) is 6.92 Å². The molecule has 2 aromatic rings. The van der Waals surface area contributed by atoms with Gasteiger partial charge in [0.1, 0.15) is 5.60 Å². The molecule has 2 atom stereocenters.